The van der Waals surface area contributed by atoms with Gasteiger partial charge in [0.05, 0.1) is 13.2 Å². The standard InChI is InChI=1S/C11H20O10/c12-3-1-20-2-11(19,8(3)16)9(17)7-5(14)4(13)6(15)10(18)21-7/h3-10,12-19H,1-2H2/t3-,4+,5+,6-,7+,8+,9?,10+,11-/m1/s1. The van der Waals surface area contributed by atoms with Crippen molar-refractivity contribution in [2.75, 3.05) is 13.2 Å². The van der Waals surface area contributed by atoms with Gasteiger partial charge in [-0.2, -0.15) is 0 Å². The van der Waals surface area contributed by atoms with Crippen LogP contribution in [-0.4, -0.2) is 109 Å². The topological polar surface area (TPSA) is 180 Å². The van der Waals surface area contributed by atoms with Gasteiger partial charge in [-0.05, 0) is 0 Å². The highest BCUT2D eigenvalue weighted by molar-refractivity contribution is 5.05. The quantitative estimate of drug-likeness (QED) is 0.245. The van der Waals surface area contributed by atoms with Crippen LogP contribution in [0.25, 0.3) is 0 Å². The first-order valence-corrected chi connectivity index (χ1v) is 6.42. The van der Waals surface area contributed by atoms with Crippen molar-refractivity contribution in [1.82, 2.24) is 0 Å². The fourth-order valence-corrected chi connectivity index (χ4v) is 2.55. The van der Waals surface area contributed by atoms with Gasteiger partial charge in [0, 0.05) is 0 Å². The average Bonchev–Trinajstić information content (AvgIpc) is 2.45. The highest BCUT2D eigenvalue weighted by Gasteiger charge is 2.56. The Morgan fingerprint density at radius 3 is 2.19 bits per heavy atom. The van der Waals surface area contributed by atoms with Crippen LogP contribution in [0.15, 0.2) is 0 Å². The van der Waals surface area contributed by atoms with E-state index in [1.807, 2.05) is 0 Å². The fraction of sp³-hybridized carbons (Fsp3) is 1.00. The van der Waals surface area contributed by atoms with E-state index in [0.717, 1.165) is 0 Å². The van der Waals surface area contributed by atoms with Crippen molar-refractivity contribution in [1.29, 1.82) is 0 Å². The van der Waals surface area contributed by atoms with Crippen LogP contribution in [0.2, 0.25) is 0 Å². The van der Waals surface area contributed by atoms with E-state index >= 15 is 0 Å². The number of ether oxygens (including phenoxy) is 2. The molecule has 0 saturated carbocycles. The highest BCUT2D eigenvalue weighted by Crippen LogP contribution is 2.31. The third-order valence-electron chi connectivity index (χ3n) is 3.95. The summed E-state index contributed by atoms with van der Waals surface area (Å²) in [5, 5.41) is 77.8. The van der Waals surface area contributed by atoms with E-state index in [0.29, 0.717) is 0 Å². The maximum Gasteiger partial charge on any atom is 0.184 e. The third kappa shape index (κ3) is 2.80. The maximum atomic E-state index is 10.3. The zero-order valence-corrected chi connectivity index (χ0v) is 10.9. The van der Waals surface area contributed by atoms with Gasteiger partial charge < -0.3 is 50.3 Å². The Kier molecular flexibility index (Phi) is 4.85. The summed E-state index contributed by atoms with van der Waals surface area (Å²) in [5.41, 5.74) is -2.38. The normalized spacial score (nSPS) is 53.4. The van der Waals surface area contributed by atoms with Crippen molar-refractivity contribution in [3.05, 3.63) is 0 Å². The van der Waals surface area contributed by atoms with Gasteiger partial charge >= 0.3 is 0 Å². The molecular formula is C11H20O10. The number of rotatable bonds is 2. The van der Waals surface area contributed by atoms with Crippen molar-refractivity contribution in [3.8, 4) is 0 Å². The van der Waals surface area contributed by atoms with Crippen molar-refractivity contribution in [2.24, 2.45) is 0 Å². The first kappa shape index (κ1) is 17.0. The molecule has 1 unspecified atom stereocenters. The molecule has 2 aliphatic heterocycles. The van der Waals surface area contributed by atoms with Crippen molar-refractivity contribution >= 4 is 0 Å². The SMILES string of the molecule is OC([C@H]1O[C@H](O)[C@H](O)[C@@H](O)[C@@H]1O)[C@@]1(O)COC[C@@H](O)[C@@H]1O. The van der Waals surface area contributed by atoms with Gasteiger partial charge in [0.1, 0.15) is 48.3 Å². The van der Waals surface area contributed by atoms with Crippen LogP contribution in [0.1, 0.15) is 0 Å². The van der Waals surface area contributed by atoms with Crippen LogP contribution in [-0.2, 0) is 9.47 Å². The first-order chi connectivity index (χ1) is 9.70. The molecule has 8 N–H and O–H groups in total. The van der Waals surface area contributed by atoms with Gasteiger partial charge in [0.25, 0.3) is 0 Å². The number of aliphatic hydroxyl groups is 8. The average molecular weight is 312 g/mol. The molecule has 0 aromatic heterocycles. The second kappa shape index (κ2) is 6.01. The van der Waals surface area contributed by atoms with Crippen LogP contribution < -0.4 is 0 Å². The van der Waals surface area contributed by atoms with Crippen LogP contribution in [0.4, 0.5) is 0 Å². The van der Waals surface area contributed by atoms with Crippen LogP contribution >= 0.6 is 0 Å². The third-order valence-corrected chi connectivity index (χ3v) is 3.95. The molecule has 2 heterocycles. The molecular weight excluding hydrogens is 292 g/mol. The lowest BCUT2D eigenvalue weighted by molar-refractivity contribution is -0.326. The molecule has 9 atom stereocenters. The second-order valence-corrected chi connectivity index (χ2v) is 5.43. The Morgan fingerprint density at radius 2 is 1.57 bits per heavy atom. The second-order valence-electron chi connectivity index (χ2n) is 5.43. The Balaban J connectivity index is 2.20. The number of aliphatic hydroxyl groups excluding tert-OH is 7. The monoisotopic (exact) mass is 312 g/mol. The van der Waals surface area contributed by atoms with Gasteiger partial charge in [-0.3, -0.25) is 0 Å². The lowest BCUT2D eigenvalue weighted by Gasteiger charge is -2.48. The summed E-state index contributed by atoms with van der Waals surface area (Å²) in [6.07, 6.45) is -14.4. The molecule has 0 aromatic carbocycles. The number of hydrogen-bond acceptors (Lipinski definition) is 10. The summed E-state index contributed by atoms with van der Waals surface area (Å²) in [6.45, 7) is -0.818. The minimum absolute atomic E-state index is 0.256. The highest BCUT2D eigenvalue weighted by atomic mass is 16.6. The molecule has 10 nitrogen and oxygen atoms in total. The number of hydrogen-bond donors (Lipinski definition) is 8. The summed E-state index contributed by atoms with van der Waals surface area (Å²) in [4.78, 5) is 0. The molecule has 21 heavy (non-hydrogen) atoms. The molecule has 2 fully saturated rings. The minimum Gasteiger partial charge on any atom is -0.388 e. The molecule has 0 aromatic rings. The molecule has 124 valence electrons. The van der Waals surface area contributed by atoms with Gasteiger partial charge in [0.15, 0.2) is 6.29 Å². The zero-order chi connectivity index (χ0) is 15.9. The van der Waals surface area contributed by atoms with Gasteiger partial charge in [-0.25, -0.2) is 0 Å². The van der Waals surface area contributed by atoms with Gasteiger partial charge in [-0.1, -0.05) is 0 Å². The van der Waals surface area contributed by atoms with E-state index < -0.39 is 61.2 Å². The largest absolute Gasteiger partial charge is 0.388 e. The van der Waals surface area contributed by atoms with E-state index in [-0.39, 0.29) is 6.61 Å². The van der Waals surface area contributed by atoms with E-state index in [1.54, 1.807) is 0 Å². The zero-order valence-electron chi connectivity index (χ0n) is 10.9. The van der Waals surface area contributed by atoms with Crippen LogP contribution in [0.3, 0.4) is 0 Å². The van der Waals surface area contributed by atoms with E-state index in [9.17, 15) is 40.9 Å². The molecule has 10 heteroatoms. The first-order valence-electron chi connectivity index (χ1n) is 6.42. The molecule has 0 bridgehead atoms. The van der Waals surface area contributed by atoms with E-state index in [4.69, 9.17) is 9.47 Å². The summed E-state index contributed by atoms with van der Waals surface area (Å²) in [6, 6.07) is 0. The predicted octanol–water partition coefficient (Wildman–Crippen LogP) is -5.37. The smallest absolute Gasteiger partial charge is 0.184 e. The maximum absolute atomic E-state index is 10.3. The summed E-state index contributed by atoms with van der Waals surface area (Å²) < 4.78 is 9.64. The minimum atomic E-state index is -2.38. The van der Waals surface area contributed by atoms with Crippen molar-refractivity contribution < 1.29 is 50.3 Å². The predicted molar refractivity (Wildman–Crippen MR) is 62.7 cm³/mol. The lowest BCUT2D eigenvalue weighted by Crippen LogP contribution is -2.71. The Morgan fingerprint density at radius 1 is 0.952 bits per heavy atom. The molecule has 2 rings (SSSR count). The van der Waals surface area contributed by atoms with Crippen molar-refractivity contribution in [3.63, 3.8) is 0 Å². The molecule has 2 saturated heterocycles. The Labute approximate surface area is 119 Å². The van der Waals surface area contributed by atoms with Crippen molar-refractivity contribution in [2.45, 2.75) is 54.6 Å². The summed E-state index contributed by atoms with van der Waals surface area (Å²) in [7, 11) is 0. The van der Waals surface area contributed by atoms with Gasteiger partial charge in [-0.15, -0.1) is 0 Å². The van der Waals surface area contributed by atoms with Crippen LogP contribution in [0, 0.1) is 0 Å². The molecule has 0 radical (unpaired) electrons. The van der Waals surface area contributed by atoms with Gasteiger partial charge in [0.2, 0.25) is 0 Å². The summed E-state index contributed by atoms with van der Waals surface area (Å²) in [5.74, 6) is 0. The Hall–Kier alpha value is -0.400. The van der Waals surface area contributed by atoms with Crippen LogP contribution in [0.5, 0.6) is 0 Å². The molecule has 0 spiro atoms. The lowest BCUT2D eigenvalue weighted by atomic mass is 9.80. The molecule has 0 aliphatic carbocycles. The summed E-state index contributed by atoms with van der Waals surface area (Å²) >= 11 is 0. The van der Waals surface area contributed by atoms with E-state index in [1.165, 1.54) is 0 Å². The van der Waals surface area contributed by atoms with E-state index in [2.05, 4.69) is 0 Å². The molecule has 2 aliphatic rings. The Bertz CT molecular complexity index is 367. The fourth-order valence-electron chi connectivity index (χ4n) is 2.55. The molecule has 0 amide bonds.